The molecule has 0 aliphatic heterocycles. The molecule has 1 spiro atoms. The van der Waals surface area contributed by atoms with E-state index in [4.69, 9.17) is 9.97 Å². The third-order valence-electron chi connectivity index (χ3n) is 16.8. The van der Waals surface area contributed by atoms with Crippen LogP contribution >= 0.6 is 0 Å². The summed E-state index contributed by atoms with van der Waals surface area (Å²) in [6, 6.07) is 10.8. The van der Waals surface area contributed by atoms with E-state index < -0.39 is 0 Å². The van der Waals surface area contributed by atoms with Gasteiger partial charge in [-0.25, -0.2) is 0 Å². The Morgan fingerprint density at radius 3 is 2.18 bits per heavy atom. The van der Waals surface area contributed by atoms with Gasteiger partial charge in [-0.3, -0.25) is 14.8 Å². The van der Waals surface area contributed by atoms with Crippen molar-refractivity contribution in [3.05, 3.63) is 87.5 Å². The molecule has 15 rings (SSSR count). The van der Waals surface area contributed by atoms with Crippen LogP contribution in [-0.4, -0.2) is 20.2 Å². The number of ketones is 1. The highest BCUT2D eigenvalue weighted by molar-refractivity contribution is 6.29. The number of carbonyl (C=O) groups is 1. The Bertz CT molecular complexity index is 2580. The van der Waals surface area contributed by atoms with Crippen LogP contribution in [0.25, 0.3) is 38.1 Å². The van der Waals surface area contributed by atoms with Gasteiger partial charge < -0.3 is 4.40 Å². The molecule has 4 aromatic heterocycles. The van der Waals surface area contributed by atoms with Gasteiger partial charge in [-0.2, -0.15) is 0 Å². The Hall–Kier alpha value is -3.79. The number of pyridine rings is 2. The van der Waals surface area contributed by atoms with Gasteiger partial charge in [0, 0.05) is 61.3 Å². The smallest absolute Gasteiger partial charge is 0.193 e. The van der Waals surface area contributed by atoms with Gasteiger partial charge >= 0.3 is 0 Å². The molecule has 242 valence electrons. The average molecular weight is 640 g/mol. The van der Waals surface area contributed by atoms with E-state index in [1.165, 1.54) is 125 Å². The van der Waals surface area contributed by atoms with Crippen LogP contribution in [0.15, 0.2) is 42.7 Å². The molecule has 5 fully saturated rings. The number of rotatable bonds is 0. The summed E-state index contributed by atoms with van der Waals surface area (Å²) in [5, 5.41) is 5.51. The lowest BCUT2D eigenvalue weighted by atomic mass is 9.56. The van der Waals surface area contributed by atoms with E-state index in [2.05, 4.69) is 61.0 Å². The summed E-state index contributed by atoms with van der Waals surface area (Å²) in [4.78, 5) is 25.8. The quantitative estimate of drug-likeness (QED) is 0.166. The maximum atomic E-state index is 14.9. The molecule has 7 atom stereocenters. The van der Waals surface area contributed by atoms with Gasteiger partial charge in [-0.15, -0.1) is 0 Å². The lowest BCUT2D eigenvalue weighted by Gasteiger charge is -2.48. The van der Waals surface area contributed by atoms with Gasteiger partial charge in [0.2, 0.25) is 0 Å². The second kappa shape index (κ2) is 7.90. The fourth-order valence-electron chi connectivity index (χ4n) is 15.4. The van der Waals surface area contributed by atoms with Crippen LogP contribution in [0.3, 0.4) is 0 Å². The largest absolute Gasteiger partial charge is 0.305 e. The Balaban J connectivity index is 1.19. The summed E-state index contributed by atoms with van der Waals surface area (Å²) in [5.74, 6) is 6.04. The average Bonchev–Trinajstić information content (AvgIpc) is 3.74. The van der Waals surface area contributed by atoms with Crippen LogP contribution in [0.5, 0.6) is 0 Å². The second-order valence-electron chi connectivity index (χ2n) is 19.0. The molecule has 2 aromatic carbocycles. The summed E-state index contributed by atoms with van der Waals surface area (Å²) in [6.45, 7) is 4.76. The van der Waals surface area contributed by atoms with Gasteiger partial charge in [0.25, 0.3) is 0 Å². The first-order valence-corrected chi connectivity index (χ1v) is 19.6. The van der Waals surface area contributed by atoms with E-state index in [0.29, 0.717) is 29.1 Å². The number of aromatic nitrogens is 3. The highest BCUT2D eigenvalue weighted by Gasteiger charge is 2.66. The lowest BCUT2D eigenvalue weighted by Crippen LogP contribution is -2.41. The Morgan fingerprint density at radius 1 is 0.694 bits per heavy atom. The number of hydrogen-bond acceptors (Lipinski definition) is 3. The summed E-state index contributed by atoms with van der Waals surface area (Å²) >= 11 is 0. The summed E-state index contributed by atoms with van der Waals surface area (Å²) in [5.41, 5.74) is 14.3. The molecule has 0 radical (unpaired) electrons. The maximum absolute atomic E-state index is 14.9. The Labute approximate surface area is 286 Å². The van der Waals surface area contributed by atoms with Crippen LogP contribution in [0.2, 0.25) is 0 Å². The van der Waals surface area contributed by atoms with Crippen molar-refractivity contribution in [1.82, 2.24) is 14.4 Å². The van der Waals surface area contributed by atoms with E-state index in [1.807, 2.05) is 0 Å². The lowest BCUT2D eigenvalue weighted by molar-refractivity contribution is 0.00321. The normalized spacial score (nSPS) is 36.7. The molecular formula is C45H41N3O. The number of nitrogens with zero attached hydrogens (tertiary/aromatic N) is 3. The predicted molar refractivity (Wildman–Crippen MR) is 192 cm³/mol. The molecule has 4 nitrogen and oxygen atoms in total. The Morgan fingerprint density at radius 2 is 1.37 bits per heavy atom. The number of benzene rings is 2. The number of carbonyl (C=O) groups excluding carboxylic acids is 1. The van der Waals surface area contributed by atoms with Crippen molar-refractivity contribution in [1.29, 1.82) is 0 Å². The summed E-state index contributed by atoms with van der Waals surface area (Å²) in [6.07, 6.45) is 18.0. The molecule has 0 amide bonds. The minimum Gasteiger partial charge on any atom is -0.305 e. The van der Waals surface area contributed by atoms with Crippen LogP contribution in [-0.2, 0) is 5.41 Å². The van der Waals surface area contributed by atoms with Crippen molar-refractivity contribution in [3.8, 4) is 0 Å². The van der Waals surface area contributed by atoms with Gasteiger partial charge in [-0.1, -0.05) is 38.1 Å². The molecule has 7 bridgehead atoms. The fraction of sp³-hybridized carbons (Fsp3) is 0.489. The van der Waals surface area contributed by atoms with Crippen molar-refractivity contribution in [2.24, 2.45) is 29.1 Å². The highest BCUT2D eigenvalue weighted by atomic mass is 16.1. The van der Waals surface area contributed by atoms with Crippen molar-refractivity contribution in [2.75, 3.05) is 0 Å². The molecule has 4 heteroatoms. The summed E-state index contributed by atoms with van der Waals surface area (Å²) < 4.78 is 2.60. The molecule has 6 aromatic rings. The van der Waals surface area contributed by atoms with Gasteiger partial charge in [-0.05, 0) is 133 Å². The van der Waals surface area contributed by atoms with Gasteiger partial charge in [0.1, 0.15) is 0 Å². The van der Waals surface area contributed by atoms with Gasteiger partial charge in [0.05, 0.1) is 28.9 Å². The zero-order valence-electron chi connectivity index (χ0n) is 28.5. The number of fused-ring (bicyclic) bond motifs is 15. The standard InChI is InChI=1S/C45H41N3O/c1-44(2)31-6-4-3-5-28(31)43(49)30-15-29-36-32(18-47-41-25-13-27-14-26-12-24(35(36)41)16-45(26,27)17-25)48-33-19-46-40-23-10-20-7-21(11-23)9-22(8-20)34(40)37(33)38(39(30)44)42(29)48/h3-6,15,18-27H,7-14,16-17H2,1-2H3. The first-order chi connectivity index (χ1) is 23.9. The van der Waals surface area contributed by atoms with Crippen molar-refractivity contribution < 1.29 is 4.79 Å². The van der Waals surface area contributed by atoms with E-state index >= 15 is 0 Å². The monoisotopic (exact) mass is 639 g/mol. The van der Waals surface area contributed by atoms with E-state index in [-0.39, 0.29) is 11.2 Å². The van der Waals surface area contributed by atoms with Crippen molar-refractivity contribution in [2.45, 2.75) is 107 Å². The maximum Gasteiger partial charge on any atom is 0.193 e. The predicted octanol–water partition coefficient (Wildman–Crippen LogP) is 10.3. The second-order valence-corrected chi connectivity index (χ2v) is 19.0. The minimum absolute atomic E-state index is 0.206. The zero-order chi connectivity index (χ0) is 31.9. The highest BCUT2D eigenvalue weighted by Crippen LogP contribution is 2.76. The first-order valence-electron chi connectivity index (χ1n) is 19.6. The topological polar surface area (TPSA) is 47.3 Å². The summed E-state index contributed by atoms with van der Waals surface area (Å²) in [7, 11) is 0. The van der Waals surface area contributed by atoms with Crippen LogP contribution in [0, 0.1) is 29.1 Å². The van der Waals surface area contributed by atoms with E-state index in [0.717, 1.165) is 34.8 Å². The first kappa shape index (κ1) is 26.1. The SMILES string of the molecule is CC1(C)c2ccccc2C(=O)c2cc3c4c5c(ncc4n4c6cnc7c(c6c(c21)c34)C1CC2CC(CC7C2)C1)C1CC2CC3CC5CC23C1. The molecule has 7 unspecified atom stereocenters. The fourth-order valence-corrected chi connectivity index (χ4v) is 15.4. The molecule has 9 aliphatic carbocycles. The van der Waals surface area contributed by atoms with E-state index in [9.17, 15) is 4.79 Å². The molecule has 4 heterocycles. The molecule has 9 aliphatic rings. The van der Waals surface area contributed by atoms with Crippen molar-refractivity contribution in [3.63, 3.8) is 0 Å². The molecule has 0 saturated heterocycles. The minimum atomic E-state index is -0.308. The van der Waals surface area contributed by atoms with Crippen LogP contribution in [0.1, 0.15) is 151 Å². The molecule has 0 N–H and O–H groups in total. The van der Waals surface area contributed by atoms with E-state index in [1.54, 1.807) is 11.1 Å². The Kier molecular flexibility index (Phi) is 4.21. The molecule has 5 saturated carbocycles. The third kappa shape index (κ3) is 2.69. The molecular weight excluding hydrogens is 599 g/mol. The zero-order valence-corrected chi connectivity index (χ0v) is 28.5. The third-order valence-corrected chi connectivity index (χ3v) is 16.8. The number of hydrogen-bond donors (Lipinski definition) is 0. The van der Waals surface area contributed by atoms with Crippen LogP contribution in [0.4, 0.5) is 0 Å². The van der Waals surface area contributed by atoms with Crippen molar-refractivity contribution >= 4 is 43.9 Å². The molecule has 49 heavy (non-hydrogen) atoms. The van der Waals surface area contributed by atoms with Gasteiger partial charge in [0.15, 0.2) is 5.78 Å². The van der Waals surface area contributed by atoms with Crippen LogP contribution < -0.4 is 0 Å².